The summed E-state index contributed by atoms with van der Waals surface area (Å²) in [5.74, 6) is 0.865. The summed E-state index contributed by atoms with van der Waals surface area (Å²) in [5.41, 5.74) is 3.18. The van der Waals surface area contributed by atoms with Crippen LogP contribution in [0, 0.1) is 12.8 Å². The molecule has 17 heavy (non-hydrogen) atoms. The van der Waals surface area contributed by atoms with E-state index >= 15 is 0 Å². The minimum Gasteiger partial charge on any atom is -0.314 e. The molecule has 1 aromatic heterocycles. The van der Waals surface area contributed by atoms with Gasteiger partial charge in [-0.15, -0.1) is 11.3 Å². The molecule has 1 atom stereocenters. The molecule has 0 amide bonds. The highest BCUT2D eigenvalue weighted by atomic mass is 32.1. The minimum absolute atomic E-state index is 0.854. The van der Waals surface area contributed by atoms with Crippen LogP contribution in [0.25, 0.3) is 0 Å². The molecule has 1 aliphatic carbocycles. The number of rotatable bonds is 5. The van der Waals surface area contributed by atoms with Crippen LogP contribution in [0.3, 0.4) is 0 Å². The van der Waals surface area contributed by atoms with Gasteiger partial charge < -0.3 is 5.32 Å². The van der Waals surface area contributed by atoms with E-state index in [1.165, 1.54) is 49.5 Å². The third kappa shape index (κ3) is 3.06. The lowest BCUT2D eigenvalue weighted by atomic mass is 10.1. The van der Waals surface area contributed by atoms with E-state index < -0.39 is 0 Å². The van der Waals surface area contributed by atoms with Crippen molar-refractivity contribution in [3.63, 3.8) is 0 Å². The lowest BCUT2D eigenvalue weighted by molar-refractivity contribution is 0.316. The molecule has 0 aromatic carbocycles. The van der Waals surface area contributed by atoms with E-state index in [1.807, 2.05) is 5.51 Å². The van der Waals surface area contributed by atoms with Gasteiger partial charge in [-0.3, -0.25) is 4.90 Å². The van der Waals surface area contributed by atoms with Gasteiger partial charge >= 0.3 is 0 Å². The third-order valence-corrected chi connectivity index (χ3v) is 4.77. The number of hydrogen-bond donors (Lipinski definition) is 1. The van der Waals surface area contributed by atoms with Crippen molar-refractivity contribution in [1.29, 1.82) is 0 Å². The van der Waals surface area contributed by atoms with E-state index in [1.54, 1.807) is 11.3 Å². The Labute approximate surface area is 107 Å². The van der Waals surface area contributed by atoms with Crippen molar-refractivity contribution in [2.75, 3.05) is 19.6 Å². The maximum absolute atomic E-state index is 4.33. The zero-order chi connectivity index (χ0) is 11.7. The number of thiazole rings is 1. The summed E-state index contributed by atoms with van der Waals surface area (Å²) in [6.07, 6.45) is 4.16. The van der Waals surface area contributed by atoms with Gasteiger partial charge in [0.15, 0.2) is 0 Å². The fourth-order valence-electron chi connectivity index (χ4n) is 2.52. The summed E-state index contributed by atoms with van der Waals surface area (Å²) in [5, 5.41) is 3.65. The molecular weight excluding hydrogens is 230 g/mol. The highest BCUT2D eigenvalue weighted by Gasteiger charge is 2.26. The molecule has 94 valence electrons. The summed E-state index contributed by atoms with van der Waals surface area (Å²) in [7, 11) is 0. The van der Waals surface area contributed by atoms with E-state index in [0.717, 1.165) is 18.5 Å². The van der Waals surface area contributed by atoms with Crippen LogP contribution in [0.1, 0.15) is 29.8 Å². The van der Waals surface area contributed by atoms with Crippen molar-refractivity contribution in [1.82, 2.24) is 15.2 Å². The molecule has 1 saturated carbocycles. The Morgan fingerprint density at radius 1 is 1.47 bits per heavy atom. The minimum atomic E-state index is 0.854. The SMILES string of the molecule is Cc1ncsc1CN1CCC(CNC2CC2)C1. The first-order valence-electron chi connectivity index (χ1n) is 6.66. The fraction of sp³-hybridized carbons (Fsp3) is 0.769. The Bertz CT molecular complexity index is 372. The van der Waals surface area contributed by atoms with Crippen molar-refractivity contribution in [2.45, 2.75) is 38.8 Å². The second-order valence-corrected chi connectivity index (χ2v) is 6.37. The van der Waals surface area contributed by atoms with Gasteiger partial charge in [0.2, 0.25) is 0 Å². The van der Waals surface area contributed by atoms with Gasteiger partial charge in [0.1, 0.15) is 0 Å². The number of nitrogens with one attached hydrogen (secondary N) is 1. The molecule has 1 aromatic rings. The summed E-state index contributed by atoms with van der Waals surface area (Å²) < 4.78 is 0. The molecule has 2 fully saturated rings. The maximum atomic E-state index is 4.33. The molecule has 1 saturated heterocycles. The lowest BCUT2D eigenvalue weighted by Gasteiger charge is -2.15. The maximum Gasteiger partial charge on any atom is 0.0798 e. The number of nitrogens with zero attached hydrogens (tertiary/aromatic N) is 2. The molecule has 1 unspecified atom stereocenters. The van der Waals surface area contributed by atoms with Gasteiger partial charge in [0.25, 0.3) is 0 Å². The Morgan fingerprint density at radius 3 is 3.06 bits per heavy atom. The van der Waals surface area contributed by atoms with E-state index in [0.29, 0.717) is 0 Å². The quantitative estimate of drug-likeness (QED) is 0.868. The molecule has 2 aliphatic rings. The number of aryl methyl sites for hydroxylation is 1. The molecule has 3 nitrogen and oxygen atoms in total. The standard InChI is InChI=1S/C13H21N3S/c1-10-13(17-9-15-10)8-16-5-4-11(7-16)6-14-12-2-3-12/h9,11-12,14H,2-8H2,1H3. The van der Waals surface area contributed by atoms with Crippen molar-refractivity contribution >= 4 is 11.3 Å². The number of hydrogen-bond acceptors (Lipinski definition) is 4. The van der Waals surface area contributed by atoms with Crippen LogP contribution in [-0.2, 0) is 6.54 Å². The smallest absolute Gasteiger partial charge is 0.0798 e. The number of likely N-dealkylation sites (tertiary alicyclic amines) is 1. The van der Waals surface area contributed by atoms with Crippen LogP contribution in [0.5, 0.6) is 0 Å². The van der Waals surface area contributed by atoms with E-state index in [2.05, 4.69) is 22.1 Å². The second kappa shape index (κ2) is 5.04. The zero-order valence-corrected chi connectivity index (χ0v) is 11.3. The van der Waals surface area contributed by atoms with Gasteiger partial charge in [0, 0.05) is 24.0 Å². The summed E-state index contributed by atoms with van der Waals surface area (Å²) >= 11 is 1.80. The molecule has 0 bridgehead atoms. The van der Waals surface area contributed by atoms with Crippen molar-refractivity contribution in [2.24, 2.45) is 5.92 Å². The average molecular weight is 251 g/mol. The first-order valence-corrected chi connectivity index (χ1v) is 7.54. The molecular formula is C13H21N3S. The zero-order valence-electron chi connectivity index (χ0n) is 10.5. The van der Waals surface area contributed by atoms with Crippen LogP contribution in [-0.4, -0.2) is 35.6 Å². The monoisotopic (exact) mass is 251 g/mol. The van der Waals surface area contributed by atoms with Crippen LogP contribution in [0.15, 0.2) is 5.51 Å². The second-order valence-electron chi connectivity index (χ2n) is 5.43. The highest BCUT2D eigenvalue weighted by Crippen LogP contribution is 2.23. The van der Waals surface area contributed by atoms with Gasteiger partial charge in [0.05, 0.1) is 11.2 Å². The van der Waals surface area contributed by atoms with Crippen LogP contribution in [0.2, 0.25) is 0 Å². The van der Waals surface area contributed by atoms with Gasteiger partial charge in [-0.05, 0) is 45.2 Å². The summed E-state index contributed by atoms with van der Waals surface area (Å²) in [6, 6.07) is 0.854. The highest BCUT2D eigenvalue weighted by molar-refractivity contribution is 7.09. The van der Waals surface area contributed by atoms with Crippen molar-refractivity contribution in [3.8, 4) is 0 Å². The summed E-state index contributed by atoms with van der Waals surface area (Å²) in [6.45, 7) is 6.97. The molecule has 3 rings (SSSR count). The van der Waals surface area contributed by atoms with E-state index in [9.17, 15) is 0 Å². The van der Waals surface area contributed by atoms with E-state index in [-0.39, 0.29) is 0 Å². The van der Waals surface area contributed by atoms with Crippen molar-refractivity contribution in [3.05, 3.63) is 16.1 Å². The van der Waals surface area contributed by atoms with E-state index in [4.69, 9.17) is 0 Å². The average Bonchev–Trinajstić information content (AvgIpc) is 2.92. The fourth-order valence-corrected chi connectivity index (χ4v) is 3.34. The van der Waals surface area contributed by atoms with Gasteiger partial charge in [-0.2, -0.15) is 0 Å². The Balaban J connectivity index is 1.45. The molecule has 1 aliphatic heterocycles. The Morgan fingerprint density at radius 2 is 2.35 bits per heavy atom. The molecule has 2 heterocycles. The van der Waals surface area contributed by atoms with Crippen LogP contribution in [0.4, 0.5) is 0 Å². The summed E-state index contributed by atoms with van der Waals surface area (Å²) in [4.78, 5) is 8.35. The lowest BCUT2D eigenvalue weighted by Crippen LogP contribution is -2.27. The third-order valence-electron chi connectivity index (χ3n) is 3.85. The van der Waals surface area contributed by atoms with Crippen LogP contribution < -0.4 is 5.32 Å². The van der Waals surface area contributed by atoms with Crippen molar-refractivity contribution < 1.29 is 0 Å². The predicted octanol–water partition coefficient (Wildman–Crippen LogP) is 2.03. The normalized spacial score (nSPS) is 25.6. The topological polar surface area (TPSA) is 28.2 Å². The van der Waals surface area contributed by atoms with Gasteiger partial charge in [-0.1, -0.05) is 0 Å². The largest absolute Gasteiger partial charge is 0.314 e. The molecule has 0 radical (unpaired) electrons. The molecule has 1 N–H and O–H groups in total. The van der Waals surface area contributed by atoms with Crippen LogP contribution >= 0.6 is 11.3 Å². The van der Waals surface area contributed by atoms with Gasteiger partial charge in [-0.25, -0.2) is 4.98 Å². The Hall–Kier alpha value is -0.450. The Kier molecular flexibility index (Phi) is 3.45. The predicted molar refractivity (Wildman–Crippen MR) is 71.3 cm³/mol. The first kappa shape index (κ1) is 11.6. The first-order chi connectivity index (χ1) is 8.31. The number of aromatic nitrogens is 1. The molecule has 0 spiro atoms. The molecule has 4 heteroatoms.